The molecular formula is C26H35IN6. The Hall–Kier alpha value is -2.39. The summed E-state index contributed by atoms with van der Waals surface area (Å²) in [5.41, 5.74) is 3.86. The van der Waals surface area contributed by atoms with Gasteiger partial charge in [-0.15, -0.1) is 24.0 Å². The van der Waals surface area contributed by atoms with Crippen LogP contribution in [0.1, 0.15) is 36.5 Å². The maximum absolute atomic E-state index is 4.85. The fourth-order valence-electron chi connectivity index (χ4n) is 4.30. The lowest BCUT2D eigenvalue weighted by molar-refractivity contribution is 0.245. The van der Waals surface area contributed by atoms with Crippen LogP contribution in [0, 0.1) is 0 Å². The van der Waals surface area contributed by atoms with Crippen molar-refractivity contribution in [2.24, 2.45) is 4.99 Å². The third kappa shape index (κ3) is 7.85. The van der Waals surface area contributed by atoms with Crippen LogP contribution in [-0.2, 0) is 19.6 Å². The van der Waals surface area contributed by atoms with Gasteiger partial charge in [-0.25, -0.2) is 9.98 Å². The van der Waals surface area contributed by atoms with Gasteiger partial charge in [-0.3, -0.25) is 4.90 Å². The van der Waals surface area contributed by atoms with Crippen LogP contribution in [0.3, 0.4) is 0 Å². The topological polar surface area (TPSA) is 57.5 Å². The number of nitrogens with zero attached hydrogens (tertiary/aromatic N) is 4. The fraction of sp³-hybridized carbons (Fsp3) is 0.385. The molecule has 6 nitrogen and oxygen atoms in total. The number of rotatable bonds is 9. The summed E-state index contributed by atoms with van der Waals surface area (Å²) in [6.45, 7) is 7.55. The molecular weight excluding hydrogens is 523 g/mol. The Morgan fingerprint density at radius 1 is 1.03 bits per heavy atom. The van der Waals surface area contributed by atoms with Crippen LogP contribution in [0.5, 0.6) is 0 Å². The zero-order valence-electron chi connectivity index (χ0n) is 19.4. The van der Waals surface area contributed by atoms with Crippen LogP contribution in [0.15, 0.2) is 78.3 Å². The van der Waals surface area contributed by atoms with Crippen molar-refractivity contribution < 1.29 is 0 Å². The van der Waals surface area contributed by atoms with Gasteiger partial charge in [-0.1, -0.05) is 54.6 Å². The normalized spacial score (nSPS) is 16.4. The molecule has 33 heavy (non-hydrogen) atoms. The molecule has 0 bridgehead atoms. The Labute approximate surface area is 214 Å². The quantitative estimate of drug-likeness (QED) is 0.234. The lowest BCUT2D eigenvalue weighted by Gasteiger charge is -2.25. The summed E-state index contributed by atoms with van der Waals surface area (Å²) in [5, 5.41) is 6.98. The van der Waals surface area contributed by atoms with Gasteiger partial charge in [0, 0.05) is 44.6 Å². The van der Waals surface area contributed by atoms with Gasteiger partial charge in [0.25, 0.3) is 0 Å². The lowest BCUT2D eigenvalue weighted by atomic mass is 10.1. The van der Waals surface area contributed by atoms with Crippen molar-refractivity contribution in [3.05, 3.63) is 90.0 Å². The molecule has 2 aromatic carbocycles. The van der Waals surface area contributed by atoms with Crippen LogP contribution in [-0.4, -0.2) is 46.1 Å². The maximum atomic E-state index is 4.85. The zero-order valence-corrected chi connectivity index (χ0v) is 21.7. The molecule has 0 spiro atoms. The summed E-state index contributed by atoms with van der Waals surface area (Å²) >= 11 is 0. The maximum Gasteiger partial charge on any atom is 0.191 e. The van der Waals surface area contributed by atoms with E-state index in [0.29, 0.717) is 12.6 Å². The first-order valence-electron chi connectivity index (χ1n) is 11.6. The summed E-state index contributed by atoms with van der Waals surface area (Å²) in [6.07, 6.45) is 8.14. The van der Waals surface area contributed by atoms with Gasteiger partial charge < -0.3 is 15.2 Å². The van der Waals surface area contributed by atoms with E-state index in [1.54, 1.807) is 0 Å². The molecule has 1 atom stereocenters. The third-order valence-electron chi connectivity index (χ3n) is 5.91. The fourth-order valence-corrected chi connectivity index (χ4v) is 4.30. The molecule has 3 aromatic rings. The monoisotopic (exact) mass is 558 g/mol. The largest absolute Gasteiger partial charge is 0.357 e. The van der Waals surface area contributed by atoms with Gasteiger partial charge in [0.05, 0.1) is 12.9 Å². The van der Waals surface area contributed by atoms with E-state index >= 15 is 0 Å². The molecule has 1 fully saturated rings. The van der Waals surface area contributed by atoms with E-state index in [-0.39, 0.29) is 24.0 Å². The SMILES string of the molecule is CCNC(=NCc1cccc(Cn2ccnc2)c1)NCC1CCCN1Cc1ccccc1.I. The van der Waals surface area contributed by atoms with E-state index in [1.807, 2.05) is 18.7 Å². The van der Waals surface area contributed by atoms with E-state index in [1.165, 1.54) is 36.1 Å². The highest BCUT2D eigenvalue weighted by molar-refractivity contribution is 14.0. The van der Waals surface area contributed by atoms with Gasteiger partial charge >= 0.3 is 0 Å². The second kappa shape index (κ2) is 13.3. The van der Waals surface area contributed by atoms with Crippen molar-refractivity contribution in [1.29, 1.82) is 0 Å². The number of hydrogen-bond donors (Lipinski definition) is 2. The average Bonchev–Trinajstić information content (AvgIpc) is 3.49. The molecule has 176 valence electrons. The molecule has 4 rings (SSSR count). The van der Waals surface area contributed by atoms with Gasteiger partial charge in [0.15, 0.2) is 5.96 Å². The Bertz CT molecular complexity index is 973. The Morgan fingerprint density at radius 2 is 1.85 bits per heavy atom. The van der Waals surface area contributed by atoms with Crippen LogP contribution in [0.2, 0.25) is 0 Å². The Morgan fingerprint density at radius 3 is 2.64 bits per heavy atom. The summed E-state index contributed by atoms with van der Waals surface area (Å²) in [7, 11) is 0. The number of guanidine groups is 1. The van der Waals surface area contributed by atoms with E-state index in [2.05, 4.69) is 86.6 Å². The predicted octanol–water partition coefficient (Wildman–Crippen LogP) is 4.27. The number of aromatic nitrogens is 2. The number of benzene rings is 2. The molecule has 0 amide bonds. The summed E-state index contributed by atoms with van der Waals surface area (Å²) in [4.78, 5) is 11.6. The van der Waals surface area contributed by atoms with E-state index in [9.17, 15) is 0 Å². The van der Waals surface area contributed by atoms with Crippen molar-refractivity contribution in [1.82, 2.24) is 25.1 Å². The van der Waals surface area contributed by atoms with Crippen LogP contribution in [0.25, 0.3) is 0 Å². The van der Waals surface area contributed by atoms with E-state index < -0.39 is 0 Å². The molecule has 1 unspecified atom stereocenters. The zero-order chi connectivity index (χ0) is 22.0. The van der Waals surface area contributed by atoms with Crippen LogP contribution < -0.4 is 10.6 Å². The van der Waals surface area contributed by atoms with Crippen molar-refractivity contribution in [2.75, 3.05) is 19.6 Å². The van der Waals surface area contributed by atoms with Crippen molar-refractivity contribution in [3.63, 3.8) is 0 Å². The molecule has 2 heterocycles. The van der Waals surface area contributed by atoms with Crippen LogP contribution in [0.4, 0.5) is 0 Å². The third-order valence-corrected chi connectivity index (χ3v) is 5.91. The lowest BCUT2D eigenvalue weighted by Crippen LogP contribution is -2.44. The number of imidazole rings is 1. The van der Waals surface area contributed by atoms with Crippen LogP contribution >= 0.6 is 24.0 Å². The Balaban J connectivity index is 0.00000306. The minimum Gasteiger partial charge on any atom is -0.357 e. The van der Waals surface area contributed by atoms with Crippen molar-refractivity contribution in [2.45, 2.75) is 45.4 Å². The van der Waals surface area contributed by atoms with Crippen molar-refractivity contribution >= 4 is 29.9 Å². The first kappa shape index (κ1) is 25.2. The minimum atomic E-state index is 0. The molecule has 0 aliphatic carbocycles. The molecule has 7 heteroatoms. The molecule has 1 aromatic heterocycles. The van der Waals surface area contributed by atoms with Gasteiger partial charge in [0.1, 0.15) is 0 Å². The number of aliphatic imine (C=N–C) groups is 1. The minimum absolute atomic E-state index is 0. The second-order valence-electron chi connectivity index (χ2n) is 8.38. The van der Waals surface area contributed by atoms with E-state index in [4.69, 9.17) is 4.99 Å². The molecule has 0 saturated carbocycles. The van der Waals surface area contributed by atoms with Gasteiger partial charge in [-0.05, 0) is 43.0 Å². The molecule has 1 aliphatic rings. The first-order chi connectivity index (χ1) is 15.8. The molecule has 2 N–H and O–H groups in total. The summed E-state index contributed by atoms with van der Waals surface area (Å²) in [6, 6.07) is 19.9. The smallest absolute Gasteiger partial charge is 0.191 e. The number of halogens is 1. The standard InChI is InChI=1S/C26H34N6.HI/c1-2-28-26(29-17-23-10-6-11-24(16-23)19-31-15-13-27-21-31)30-18-25-12-7-14-32(25)20-22-8-4-3-5-9-22;/h3-6,8-11,13,15-16,21,25H,2,7,12,14,17-20H2,1H3,(H2,28,29,30);1H. The Kier molecular flexibility index (Phi) is 10.2. The van der Waals surface area contributed by atoms with Gasteiger partial charge in [-0.2, -0.15) is 0 Å². The highest BCUT2D eigenvalue weighted by atomic mass is 127. The number of likely N-dealkylation sites (tertiary alicyclic amines) is 1. The molecule has 1 saturated heterocycles. The average molecular weight is 559 g/mol. The second-order valence-corrected chi connectivity index (χ2v) is 8.38. The highest BCUT2D eigenvalue weighted by Gasteiger charge is 2.24. The number of nitrogens with one attached hydrogen (secondary N) is 2. The van der Waals surface area contributed by atoms with Gasteiger partial charge in [0.2, 0.25) is 0 Å². The highest BCUT2D eigenvalue weighted by Crippen LogP contribution is 2.19. The molecule has 1 aliphatic heterocycles. The van der Waals surface area contributed by atoms with Crippen molar-refractivity contribution in [3.8, 4) is 0 Å². The first-order valence-corrected chi connectivity index (χ1v) is 11.6. The summed E-state index contributed by atoms with van der Waals surface area (Å²) in [5.74, 6) is 0.888. The van der Waals surface area contributed by atoms with E-state index in [0.717, 1.165) is 32.1 Å². The summed E-state index contributed by atoms with van der Waals surface area (Å²) < 4.78 is 2.08. The predicted molar refractivity (Wildman–Crippen MR) is 146 cm³/mol. The number of hydrogen-bond acceptors (Lipinski definition) is 3. The molecule has 0 radical (unpaired) electrons.